The molecule has 0 unspecified atom stereocenters. The van der Waals surface area contributed by atoms with Crippen molar-refractivity contribution in [1.82, 2.24) is 19.9 Å². The summed E-state index contributed by atoms with van der Waals surface area (Å²) in [5.74, 6) is 0.627. The van der Waals surface area contributed by atoms with Gasteiger partial charge < -0.3 is 5.73 Å². The molecule has 8 heteroatoms. The van der Waals surface area contributed by atoms with Crippen LogP contribution in [0.15, 0.2) is 23.4 Å². The number of aromatic nitrogens is 3. The maximum Gasteiger partial charge on any atom is 0.242 e. The summed E-state index contributed by atoms with van der Waals surface area (Å²) in [4.78, 5) is 4.08. The molecular formula is C12H17N5O2S. The second-order valence-corrected chi connectivity index (χ2v) is 6.21. The van der Waals surface area contributed by atoms with E-state index in [9.17, 15) is 8.42 Å². The van der Waals surface area contributed by atoms with Crippen molar-refractivity contribution in [2.24, 2.45) is 0 Å². The monoisotopic (exact) mass is 295 g/mol. The van der Waals surface area contributed by atoms with Crippen molar-refractivity contribution in [2.45, 2.75) is 25.2 Å². The Morgan fingerprint density at radius 3 is 2.75 bits per heavy atom. The summed E-state index contributed by atoms with van der Waals surface area (Å²) in [7, 11) is -3.63. The highest BCUT2D eigenvalue weighted by Gasteiger charge is 2.20. The Hall–Kier alpha value is -1.93. The number of nitrogens with two attached hydrogens (primary N) is 1. The highest BCUT2D eigenvalue weighted by molar-refractivity contribution is 7.89. The van der Waals surface area contributed by atoms with Crippen molar-refractivity contribution in [3.05, 3.63) is 35.4 Å². The number of hydrogen-bond acceptors (Lipinski definition) is 5. The number of H-pyrrole nitrogens is 1. The van der Waals surface area contributed by atoms with Gasteiger partial charge in [0.05, 0.1) is 5.69 Å². The number of benzene rings is 1. The highest BCUT2D eigenvalue weighted by atomic mass is 32.2. The van der Waals surface area contributed by atoms with Gasteiger partial charge in [-0.25, -0.2) is 18.1 Å². The van der Waals surface area contributed by atoms with Gasteiger partial charge in [0.25, 0.3) is 0 Å². The van der Waals surface area contributed by atoms with E-state index in [0.717, 1.165) is 5.56 Å². The molecule has 0 spiro atoms. The molecule has 7 nitrogen and oxygen atoms in total. The molecule has 0 saturated heterocycles. The van der Waals surface area contributed by atoms with E-state index in [-0.39, 0.29) is 17.1 Å². The van der Waals surface area contributed by atoms with Gasteiger partial charge in [-0.15, -0.1) is 0 Å². The summed E-state index contributed by atoms with van der Waals surface area (Å²) in [5.41, 5.74) is 7.59. The molecule has 1 aromatic heterocycles. The Balaban J connectivity index is 2.16. The van der Waals surface area contributed by atoms with Gasteiger partial charge in [-0.3, -0.25) is 5.10 Å². The van der Waals surface area contributed by atoms with Gasteiger partial charge in [0.15, 0.2) is 0 Å². The summed E-state index contributed by atoms with van der Waals surface area (Å²) < 4.78 is 27.2. The van der Waals surface area contributed by atoms with E-state index in [4.69, 9.17) is 5.73 Å². The van der Waals surface area contributed by atoms with E-state index in [1.54, 1.807) is 19.1 Å². The first-order valence-corrected chi connectivity index (χ1v) is 7.59. The van der Waals surface area contributed by atoms with Crippen LogP contribution in [0, 0.1) is 13.8 Å². The van der Waals surface area contributed by atoms with E-state index in [1.807, 2.05) is 6.92 Å². The number of aryl methyl sites for hydroxylation is 1. The summed E-state index contributed by atoms with van der Waals surface area (Å²) >= 11 is 0. The van der Waals surface area contributed by atoms with Crippen molar-refractivity contribution >= 4 is 15.7 Å². The van der Waals surface area contributed by atoms with E-state index in [2.05, 4.69) is 19.9 Å². The van der Waals surface area contributed by atoms with E-state index in [1.165, 1.54) is 6.33 Å². The summed E-state index contributed by atoms with van der Waals surface area (Å²) in [6.45, 7) is 3.82. The van der Waals surface area contributed by atoms with Crippen LogP contribution in [0.25, 0.3) is 0 Å². The van der Waals surface area contributed by atoms with Gasteiger partial charge in [0, 0.05) is 13.0 Å². The van der Waals surface area contributed by atoms with Crippen LogP contribution in [-0.4, -0.2) is 30.1 Å². The second kappa shape index (κ2) is 5.59. The minimum atomic E-state index is -3.63. The number of anilines is 1. The third-order valence-electron chi connectivity index (χ3n) is 3.09. The lowest BCUT2D eigenvalue weighted by Gasteiger charge is -2.13. The Bertz CT molecular complexity index is 695. The molecule has 2 aromatic rings. The van der Waals surface area contributed by atoms with Crippen LogP contribution in [-0.2, 0) is 16.4 Å². The second-order valence-electron chi connectivity index (χ2n) is 4.51. The molecule has 0 aliphatic carbocycles. The fourth-order valence-corrected chi connectivity index (χ4v) is 3.35. The lowest BCUT2D eigenvalue weighted by atomic mass is 10.1. The third kappa shape index (κ3) is 2.97. The average molecular weight is 295 g/mol. The molecule has 1 aromatic carbocycles. The van der Waals surface area contributed by atoms with Gasteiger partial charge in [0.1, 0.15) is 17.0 Å². The molecule has 1 heterocycles. The van der Waals surface area contributed by atoms with Crippen LogP contribution in [0.2, 0.25) is 0 Å². The molecule has 0 radical (unpaired) electrons. The van der Waals surface area contributed by atoms with Crippen LogP contribution in [0.3, 0.4) is 0 Å². The predicted molar refractivity (Wildman–Crippen MR) is 75.6 cm³/mol. The molecule has 108 valence electrons. The van der Waals surface area contributed by atoms with Gasteiger partial charge in [-0.2, -0.15) is 5.10 Å². The molecule has 0 bridgehead atoms. The fourth-order valence-electron chi connectivity index (χ4n) is 1.89. The first kappa shape index (κ1) is 14.5. The topological polar surface area (TPSA) is 114 Å². The normalized spacial score (nSPS) is 11.7. The number of nitrogens with one attached hydrogen (secondary N) is 2. The number of sulfonamides is 1. The third-order valence-corrected chi connectivity index (χ3v) is 4.76. The smallest absolute Gasteiger partial charge is 0.242 e. The zero-order valence-corrected chi connectivity index (χ0v) is 12.2. The van der Waals surface area contributed by atoms with Crippen LogP contribution in [0.4, 0.5) is 5.69 Å². The van der Waals surface area contributed by atoms with Crippen molar-refractivity contribution in [2.75, 3.05) is 12.3 Å². The summed E-state index contributed by atoms with van der Waals surface area (Å²) in [6.07, 6.45) is 1.82. The molecule has 0 saturated carbocycles. The van der Waals surface area contributed by atoms with Crippen LogP contribution >= 0.6 is 0 Å². The number of rotatable bonds is 5. The molecule has 0 atom stereocenters. The van der Waals surface area contributed by atoms with Crippen LogP contribution in [0.1, 0.15) is 17.0 Å². The molecule has 20 heavy (non-hydrogen) atoms. The van der Waals surface area contributed by atoms with Gasteiger partial charge in [-0.05, 0) is 31.0 Å². The van der Waals surface area contributed by atoms with E-state index >= 15 is 0 Å². The molecule has 4 N–H and O–H groups in total. The predicted octanol–water partition coefficient (Wildman–Crippen LogP) is 0.525. The van der Waals surface area contributed by atoms with Crippen molar-refractivity contribution < 1.29 is 8.42 Å². The number of aromatic amines is 1. The molecular weight excluding hydrogens is 278 g/mol. The Morgan fingerprint density at radius 2 is 2.10 bits per heavy atom. The number of nitrogen functional groups attached to an aromatic ring is 1. The first-order chi connectivity index (χ1) is 9.42. The summed E-state index contributed by atoms with van der Waals surface area (Å²) in [6, 6.07) is 3.41. The standard InChI is InChI=1S/C12H17N5O2S/c1-8-3-4-10(13)12(9(8)2)20(18,19)16-6-5-11-14-7-15-17-11/h3-4,7,16H,5-6,13H2,1-2H3,(H,14,15,17). The number of nitrogens with zero attached hydrogens (tertiary/aromatic N) is 2. The van der Waals surface area contributed by atoms with E-state index in [0.29, 0.717) is 17.8 Å². The molecule has 0 fully saturated rings. The Morgan fingerprint density at radius 1 is 1.35 bits per heavy atom. The van der Waals surface area contributed by atoms with Crippen LogP contribution in [0.5, 0.6) is 0 Å². The molecule has 0 aliphatic heterocycles. The van der Waals surface area contributed by atoms with Crippen LogP contribution < -0.4 is 10.5 Å². The highest BCUT2D eigenvalue weighted by Crippen LogP contribution is 2.24. The minimum absolute atomic E-state index is 0.148. The Kier molecular flexibility index (Phi) is 4.05. The van der Waals surface area contributed by atoms with Gasteiger partial charge in [0.2, 0.25) is 10.0 Å². The minimum Gasteiger partial charge on any atom is -0.398 e. The summed E-state index contributed by atoms with van der Waals surface area (Å²) in [5, 5.41) is 6.38. The Labute approximate surface area is 117 Å². The van der Waals surface area contributed by atoms with Crippen molar-refractivity contribution in [3.63, 3.8) is 0 Å². The zero-order valence-electron chi connectivity index (χ0n) is 11.3. The lowest BCUT2D eigenvalue weighted by molar-refractivity contribution is 0.580. The van der Waals surface area contributed by atoms with Gasteiger partial charge in [-0.1, -0.05) is 6.07 Å². The van der Waals surface area contributed by atoms with E-state index < -0.39 is 10.0 Å². The average Bonchev–Trinajstić information content (AvgIpc) is 2.87. The van der Waals surface area contributed by atoms with Crippen molar-refractivity contribution in [3.8, 4) is 0 Å². The van der Waals surface area contributed by atoms with Gasteiger partial charge >= 0.3 is 0 Å². The quantitative estimate of drug-likeness (QED) is 0.696. The SMILES string of the molecule is Cc1ccc(N)c(S(=O)(=O)NCCc2ncn[nH]2)c1C. The fraction of sp³-hybridized carbons (Fsp3) is 0.333. The first-order valence-electron chi connectivity index (χ1n) is 6.11. The zero-order chi connectivity index (χ0) is 14.8. The maximum absolute atomic E-state index is 12.3. The largest absolute Gasteiger partial charge is 0.398 e. The maximum atomic E-state index is 12.3. The van der Waals surface area contributed by atoms with Crippen molar-refractivity contribution in [1.29, 1.82) is 0 Å². The molecule has 0 aliphatic rings. The lowest BCUT2D eigenvalue weighted by Crippen LogP contribution is -2.27. The number of hydrogen-bond donors (Lipinski definition) is 3. The molecule has 2 rings (SSSR count). The molecule has 0 amide bonds.